The van der Waals surface area contributed by atoms with Gasteiger partial charge in [0.15, 0.2) is 0 Å². The van der Waals surface area contributed by atoms with Crippen molar-refractivity contribution in [1.29, 1.82) is 0 Å². The van der Waals surface area contributed by atoms with Crippen molar-refractivity contribution >= 4 is 40.8 Å². The summed E-state index contributed by atoms with van der Waals surface area (Å²) in [4.78, 5) is 11.3. The second kappa shape index (κ2) is 6.93. The van der Waals surface area contributed by atoms with Crippen LogP contribution in [0.1, 0.15) is 52.4 Å². The van der Waals surface area contributed by atoms with Crippen LogP contribution in [0.2, 0.25) is 0 Å². The second-order valence-corrected chi connectivity index (χ2v) is 6.33. The van der Waals surface area contributed by atoms with Gasteiger partial charge >= 0.3 is 5.97 Å². The van der Waals surface area contributed by atoms with Gasteiger partial charge in [0, 0.05) is 0 Å². The molecule has 2 nitrogen and oxygen atoms in total. The third-order valence-electron chi connectivity index (χ3n) is 3.01. The lowest BCUT2D eigenvalue weighted by Gasteiger charge is -2.34. The van der Waals surface area contributed by atoms with Crippen molar-refractivity contribution in [1.82, 2.24) is 0 Å². The molecular weight excluding hydrogens is 270 g/mol. The van der Waals surface area contributed by atoms with Crippen LogP contribution in [0.25, 0.3) is 0 Å². The molecule has 1 atom stereocenters. The Balaban J connectivity index is 4.61. The Morgan fingerprint density at radius 3 is 2.00 bits per heavy atom. The van der Waals surface area contributed by atoms with Gasteiger partial charge < -0.3 is 5.11 Å². The quantitative estimate of drug-likeness (QED) is 0.539. The van der Waals surface area contributed by atoms with E-state index in [-0.39, 0.29) is 0 Å². The monoisotopic (exact) mass is 288 g/mol. The standard InChI is InChI=1S/C11H19Cl3O2/c1-3-5-6-7-8-10(4-2,9(15)16)11(12,13)14/h3-8H2,1-2H3,(H,15,16). The van der Waals surface area contributed by atoms with Crippen molar-refractivity contribution in [2.75, 3.05) is 0 Å². The average molecular weight is 290 g/mol. The molecule has 0 saturated carbocycles. The highest BCUT2D eigenvalue weighted by Gasteiger charge is 2.52. The van der Waals surface area contributed by atoms with Crippen LogP contribution in [0, 0.1) is 5.41 Å². The lowest BCUT2D eigenvalue weighted by atomic mass is 9.81. The van der Waals surface area contributed by atoms with Crippen molar-refractivity contribution in [3.63, 3.8) is 0 Å². The molecule has 5 heteroatoms. The maximum absolute atomic E-state index is 11.3. The summed E-state index contributed by atoms with van der Waals surface area (Å²) in [6.07, 6.45) is 4.67. The number of hydrogen-bond donors (Lipinski definition) is 1. The minimum Gasteiger partial charge on any atom is -0.481 e. The number of alkyl halides is 3. The number of halogens is 3. The molecule has 0 spiro atoms. The van der Waals surface area contributed by atoms with Gasteiger partial charge in [0.25, 0.3) is 0 Å². The molecule has 0 aliphatic carbocycles. The van der Waals surface area contributed by atoms with Crippen molar-refractivity contribution in [3.8, 4) is 0 Å². The third-order valence-corrected chi connectivity index (χ3v) is 4.10. The Morgan fingerprint density at radius 2 is 1.69 bits per heavy atom. The first kappa shape index (κ1) is 16.3. The number of rotatable bonds is 7. The Hall–Kier alpha value is 0.340. The van der Waals surface area contributed by atoms with Crippen LogP contribution in [-0.2, 0) is 4.79 Å². The number of carboxylic acid groups (broad SMARTS) is 1. The fourth-order valence-electron chi connectivity index (χ4n) is 1.75. The van der Waals surface area contributed by atoms with Gasteiger partial charge in [-0.2, -0.15) is 0 Å². The molecule has 0 heterocycles. The fourth-order valence-corrected chi connectivity index (χ4v) is 2.68. The molecule has 0 aromatic heterocycles. The van der Waals surface area contributed by atoms with Crippen LogP contribution in [0.15, 0.2) is 0 Å². The van der Waals surface area contributed by atoms with Crippen LogP contribution in [0.4, 0.5) is 0 Å². The second-order valence-electron chi connectivity index (χ2n) is 4.05. The highest BCUT2D eigenvalue weighted by molar-refractivity contribution is 6.68. The Kier molecular flexibility index (Phi) is 7.07. The molecule has 0 bridgehead atoms. The average Bonchev–Trinajstić information content (AvgIpc) is 2.15. The van der Waals surface area contributed by atoms with Crippen molar-refractivity contribution in [2.24, 2.45) is 5.41 Å². The number of hydrogen-bond acceptors (Lipinski definition) is 1. The maximum atomic E-state index is 11.3. The number of unbranched alkanes of at least 4 members (excludes halogenated alkanes) is 3. The van der Waals surface area contributed by atoms with Gasteiger partial charge in [-0.15, -0.1) is 0 Å². The number of carboxylic acids is 1. The first-order chi connectivity index (χ1) is 7.31. The molecule has 0 aliphatic heterocycles. The van der Waals surface area contributed by atoms with E-state index in [4.69, 9.17) is 34.8 Å². The lowest BCUT2D eigenvalue weighted by Crippen LogP contribution is -2.42. The summed E-state index contributed by atoms with van der Waals surface area (Å²) in [5.41, 5.74) is -1.26. The molecule has 16 heavy (non-hydrogen) atoms. The molecular formula is C11H19Cl3O2. The molecule has 0 aliphatic rings. The summed E-state index contributed by atoms with van der Waals surface area (Å²) in [5.74, 6) is -1.02. The summed E-state index contributed by atoms with van der Waals surface area (Å²) >= 11 is 17.4. The van der Waals surface area contributed by atoms with Gasteiger partial charge in [-0.25, -0.2) is 0 Å². The van der Waals surface area contributed by atoms with E-state index in [2.05, 4.69) is 6.92 Å². The van der Waals surface area contributed by atoms with Crippen LogP contribution in [0.5, 0.6) is 0 Å². The SMILES string of the molecule is CCCCCCC(CC)(C(=O)O)C(Cl)(Cl)Cl. The molecule has 0 saturated heterocycles. The van der Waals surface area contributed by atoms with Crippen LogP contribution < -0.4 is 0 Å². The number of carbonyl (C=O) groups is 1. The fraction of sp³-hybridized carbons (Fsp3) is 0.909. The third kappa shape index (κ3) is 3.97. The van der Waals surface area contributed by atoms with Gasteiger partial charge in [0.05, 0.1) is 0 Å². The van der Waals surface area contributed by atoms with E-state index in [1.807, 2.05) is 0 Å². The molecule has 1 unspecified atom stereocenters. The summed E-state index contributed by atoms with van der Waals surface area (Å²) in [6.45, 7) is 3.84. The molecule has 1 N–H and O–H groups in total. The van der Waals surface area contributed by atoms with Crippen molar-refractivity contribution in [2.45, 2.75) is 56.2 Å². The zero-order valence-corrected chi connectivity index (χ0v) is 12.0. The Labute approximate surface area is 112 Å². The van der Waals surface area contributed by atoms with Crippen molar-refractivity contribution in [3.05, 3.63) is 0 Å². The minimum atomic E-state index is -1.75. The van der Waals surface area contributed by atoms with Gasteiger partial charge in [-0.3, -0.25) is 4.79 Å². The van der Waals surface area contributed by atoms with E-state index in [1.54, 1.807) is 6.92 Å². The predicted molar refractivity (Wildman–Crippen MR) is 69.4 cm³/mol. The smallest absolute Gasteiger partial charge is 0.314 e. The largest absolute Gasteiger partial charge is 0.481 e. The van der Waals surface area contributed by atoms with E-state index in [0.29, 0.717) is 12.8 Å². The molecule has 96 valence electrons. The van der Waals surface area contributed by atoms with E-state index < -0.39 is 15.2 Å². The first-order valence-corrected chi connectivity index (χ1v) is 6.75. The zero-order chi connectivity index (χ0) is 12.8. The topological polar surface area (TPSA) is 37.3 Å². The summed E-state index contributed by atoms with van der Waals surface area (Å²) in [7, 11) is 0. The Morgan fingerprint density at radius 1 is 1.12 bits per heavy atom. The number of aliphatic carboxylic acids is 1. The Bertz CT molecular complexity index is 226. The minimum absolute atomic E-state index is 0.324. The molecule has 0 fully saturated rings. The van der Waals surface area contributed by atoms with Crippen LogP contribution >= 0.6 is 34.8 Å². The predicted octanol–water partition coefficient (Wildman–Crippen LogP) is 4.81. The molecule has 0 amide bonds. The summed E-state index contributed by atoms with van der Waals surface area (Å²) in [6, 6.07) is 0. The highest BCUT2D eigenvalue weighted by Crippen LogP contribution is 2.50. The normalized spacial score (nSPS) is 15.8. The molecule has 0 radical (unpaired) electrons. The van der Waals surface area contributed by atoms with Crippen LogP contribution in [0.3, 0.4) is 0 Å². The van der Waals surface area contributed by atoms with E-state index >= 15 is 0 Å². The van der Waals surface area contributed by atoms with Gasteiger partial charge in [-0.05, 0) is 12.8 Å². The lowest BCUT2D eigenvalue weighted by molar-refractivity contribution is -0.149. The summed E-state index contributed by atoms with van der Waals surface area (Å²) in [5, 5.41) is 9.26. The van der Waals surface area contributed by atoms with E-state index in [9.17, 15) is 9.90 Å². The molecule has 0 rings (SSSR count). The highest BCUT2D eigenvalue weighted by atomic mass is 35.6. The van der Waals surface area contributed by atoms with Gasteiger partial charge in [0.1, 0.15) is 5.41 Å². The molecule has 0 aromatic rings. The zero-order valence-electron chi connectivity index (χ0n) is 9.73. The summed E-state index contributed by atoms with van der Waals surface area (Å²) < 4.78 is -1.75. The van der Waals surface area contributed by atoms with E-state index in [1.165, 1.54) is 0 Å². The van der Waals surface area contributed by atoms with Crippen molar-refractivity contribution < 1.29 is 9.90 Å². The molecule has 0 aromatic carbocycles. The van der Waals surface area contributed by atoms with Crippen LogP contribution in [-0.4, -0.2) is 14.9 Å². The maximum Gasteiger partial charge on any atom is 0.314 e. The van der Waals surface area contributed by atoms with Gasteiger partial charge in [0.2, 0.25) is 3.79 Å². The first-order valence-electron chi connectivity index (χ1n) is 5.62. The van der Waals surface area contributed by atoms with Gasteiger partial charge in [-0.1, -0.05) is 74.3 Å². The van der Waals surface area contributed by atoms with E-state index in [0.717, 1.165) is 25.7 Å².